The zero-order valence-electron chi connectivity index (χ0n) is 13.2. The second-order valence-electron chi connectivity index (χ2n) is 5.61. The molecule has 1 aromatic heterocycles. The van der Waals surface area contributed by atoms with Gasteiger partial charge < -0.3 is 10.6 Å². The summed E-state index contributed by atoms with van der Waals surface area (Å²) in [7, 11) is 1.83. The van der Waals surface area contributed by atoms with Crippen molar-refractivity contribution in [1.29, 1.82) is 0 Å². The van der Waals surface area contributed by atoms with Gasteiger partial charge in [0.15, 0.2) is 5.96 Å². The van der Waals surface area contributed by atoms with Gasteiger partial charge >= 0.3 is 0 Å². The zero-order chi connectivity index (χ0) is 14.4. The normalized spacial score (nSPS) is 22.5. The van der Waals surface area contributed by atoms with E-state index in [9.17, 15) is 0 Å². The van der Waals surface area contributed by atoms with Crippen LogP contribution in [0.3, 0.4) is 0 Å². The smallest absolute Gasteiger partial charge is 0.191 e. The highest BCUT2D eigenvalue weighted by molar-refractivity contribution is 14.0. The molecular formula is C15H27IN4S. The van der Waals surface area contributed by atoms with Crippen LogP contribution >= 0.6 is 35.3 Å². The molecule has 4 nitrogen and oxygen atoms in total. The Morgan fingerprint density at radius 3 is 2.67 bits per heavy atom. The van der Waals surface area contributed by atoms with E-state index < -0.39 is 0 Å². The SMILES string of the molecule is CCc1nc(CNC(=NC)NC2CCC(C)CC2)cs1.I. The molecule has 0 aromatic carbocycles. The van der Waals surface area contributed by atoms with Crippen LogP contribution in [-0.2, 0) is 13.0 Å². The maximum absolute atomic E-state index is 4.56. The van der Waals surface area contributed by atoms with Crippen LogP contribution in [0.15, 0.2) is 10.4 Å². The molecule has 2 N–H and O–H groups in total. The molecule has 0 radical (unpaired) electrons. The monoisotopic (exact) mass is 422 g/mol. The Bertz CT molecular complexity index is 439. The van der Waals surface area contributed by atoms with Crippen molar-refractivity contribution in [3.63, 3.8) is 0 Å². The fourth-order valence-electron chi connectivity index (χ4n) is 2.56. The summed E-state index contributed by atoms with van der Waals surface area (Å²) in [5.41, 5.74) is 1.10. The summed E-state index contributed by atoms with van der Waals surface area (Å²) in [5, 5.41) is 10.2. The van der Waals surface area contributed by atoms with Crippen molar-refractivity contribution in [2.45, 2.75) is 58.5 Å². The Labute approximate surface area is 149 Å². The third kappa shape index (κ3) is 6.10. The van der Waals surface area contributed by atoms with Crippen molar-refractivity contribution >= 4 is 41.3 Å². The molecule has 0 atom stereocenters. The molecular weight excluding hydrogens is 395 g/mol. The number of aromatic nitrogens is 1. The molecule has 0 bridgehead atoms. The summed E-state index contributed by atoms with van der Waals surface area (Å²) < 4.78 is 0. The standard InChI is InChI=1S/C15H26N4S.HI/c1-4-14-18-13(10-20-14)9-17-15(16-3)19-12-7-5-11(2)6-8-12;/h10-12H,4-9H2,1-3H3,(H2,16,17,19);1H. The lowest BCUT2D eigenvalue weighted by Crippen LogP contribution is -2.44. The number of rotatable bonds is 4. The molecule has 2 rings (SSSR count). The second-order valence-corrected chi connectivity index (χ2v) is 6.56. The molecule has 0 unspecified atom stereocenters. The first kappa shape index (κ1) is 18.7. The van der Waals surface area contributed by atoms with Gasteiger partial charge in [-0.1, -0.05) is 13.8 Å². The molecule has 120 valence electrons. The van der Waals surface area contributed by atoms with E-state index in [-0.39, 0.29) is 24.0 Å². The predicted octanol–water partition coefficient (Wildman–Crippen LogP) is 3.57. The van der Waals surface area contributed by atoms with E-state index in [2.05, 4.69) is 39.8 Å². The molecule has 0 spiro atoms. The van der Waals surface area contributed by atoms with Gasteiger partial charge in [0.25, 0.3) is 0 Å². The number of hydrogen-bond acceptors (Lipinski definition) is 3. The van der Waals surface area contributed by atoms with Crippen LogP contribution in [0.1, 0.15) is 50.2 Å². The summed E-state index contributed by atoms with van der Waals surface area (Å²) in [5.74, 6) is 1.78. The first-order valence-corrected chi connectivity index (χ1v) is 8.49. The lowest BCUT2D eigenvalue weighted by atomic mass is 9.87. The number of thiazole rings is 1. The summed E-state index contributed by atoms with van der Waals surface area (Å²) in [6, 6.07) is 0.569. The van der Waals surface area contributed by atoms with Crippen molar-refractivity contribution in [2.75, 3.05) is 7.05 Å². The Balaban J connectivity index is 0.00000220. The average Bonchev–Trinajstić information content (AvgIpc) is 2.93. The van der Waals surface area contributed by atoms with E-state index in [4.69, 9.17) is 0 Å². The van der Waals surface area contributed by atoms with Crippen LogP contribution in [-0.4, -0.2) is 24.0 Å². The quantitative estimate of drug-likeness (QED) is 0.443. The number of nitrogens with zero attached hydrogens (tertiary/aromatic N) is 2. The fourth-order valence-corrected chi connectivity index (χ4v) is 3.30. The number of aryl methyl sites for hydroxylation is 1. The number of hydrogen-bond donors (Lipinski definition) is 2. The van der Waals surface area contributed by atoms with Gasteiger partial charge in [-0.05, 0) is 38.0 Å². The number of aliphatic imine (C=N–C) groups is 1. The maximum Gasteiger partial charge on any atom is 0.191 e. The predicted molar refractivity (Wildman–Crippen MR) is 102 cm³/mol. The van der Waals surface area contributed by atoms with Gasteiger partial charge in [-0.25, -0.2) is 4.98 Å². The molecule has 1 aliphatic rings. The van der Waals surface area contributed by atoms with Crippen molar-refractivity contribution in [2.24, 2.45) is 10.9 Å². The molecule has 1 heterocycles. The highest BCUT2D eigenvalue weighted by Crippen LogP contribution is 2.23. The summed E-state index contributed by atoms with van der Waals surface area (Å²) in [6.07, 6.45) is 6.15. The molecule has 0 aliphatic heterocycles. The second kappa shape index (κ2) is 9.61. The van der Waals surface area contributed by atoms with Crippen LogP contribution in [0.2, 0.25) is 0 Å². The van der Waals surface area contributed by atoms with E-state index >= 15 is 0 Å². The minimum Gasteiger partial charge on any atom is -0.354 e. The van der Waals surface area contributed by atoms with Crippen LogP contribution in [0, 0.1) is 5.92 Å². The zero-order valence-corrected chi connectivity index (χ0v) is 16.3. The number of nitrogens with one attached hydrogen (secondary N) is 2. The van der Waals surface area contributed by atoms with E-state index in [0.717, 1.165) is 30.5 Å². The highest BCUT2D eigenvalue weighted by atomic mass is 127. The summed E-state index contributed by atoms with van der Waals surface area (Å²) in [4.78, 5) is 8.88. The molecule has 0 saturated heterocycles. The average molecular weight is 422 g/mol. The summed E-state index contributed by atoms with van der Waals surface area (Å²) >= 11 is 1.73. The van der Waals surface area contributed by atoms with Gasteiger partial charge in [0, 0.05) is 18.5 Å². The third-order valence-corrected chi connectivity index (χ3v) is 4.96. The third-order valence-electron chi connectivity index (χ3n) is 3.92. The van der Waals surface area contributed by atoms with Crippen LogP contribution in [0.5, 0.6) is 0 Å². The Morgan fingerprint density at radius 2 is 2.10 bits per heavy atom. The molecule has 6 heteroatoms. The van der Waals surface area contributed by atoms with Gasteiger partial charge in [0.05, 0.1) is 17.2 Å². The first-order chi connectivity index (χ1) is 9.71. The summed E-state index contributed by atoms with van der Waals surface area (Å²) in [6.45, 7) is 5.23. The van der Waals surface area contributed by atoms with Crippen molar-refractivity contribution < 1.29 is 0 Å². The Morgan fingerprint density at radius 1 is 1.38 bits per heavy atom. The molecule has 1 aliphatic carbocycles. The van der Waals surface area contributed by atoms with E-state index in [1.807, 2.05) is 7.05 Å². The van der Waals surface area contributed by atoms with E-state index in [0.29, 0.717) is 6.04 Å². The lowest BCUT2D eigenvalue weighted by molar-refractivity contribution is 0.329. The largest absolute Gasteiger partial charge is 0.354 e. The fraction of sp³-hybridized carbons (Fsp3) is 0.733. The van der Waals surface area contributed by atoms with Crippen molar-refractivity contribution in [1.82, 2.24) is 15.6 Å². The van der Waals surface area contributed by atoms with E-state index in [1.54, 1.807) is 11.3 Å². The molecule has 1 saturated carbocycles. The van der Waals surface area contributed by atoms with Gasteiger partial charge in [0.1, 0.15) is 0 Å². The molecule has 1 fully saturated rings. The van der Waals surface area contributed by atoms with Crippen LogP contribution < -0.4 is 10.6 Å². The van der Waals surface area contributed by atoms with Crippen molar-refractivity contribution in [3.05, 3.63) is 16.1 Å². The number of halogens is 1. The lowest BCUT2D eigenvalue weighted by Gasteiger charge is -2.28. The molecule has 1 aromatic rings. The highest BCUT2D eigenvalue weighted by Gasteiger charge is 2.18. The van der Waals surface area contributed by atoms with Gasteiger partial charge in [0.2, 0.25) is 0 Å². The topological polar surface area (TPSA) is 49.3 Å². The van der Waals surface area contributed by atoms with Crippen molar-refractivity contribution in [3.8, 4) is 0 Å². The Hall–Kier alpha value is -0.370. The van der Waals surface area contributed by atoms with E-state index in [1.165, 1.54) is 30.7 Å². The minimum atomic E-state index is 0. The molecule has 21 heavy (non-hydrogen) atoms. The van der Waals surface area contributed by atoms with Crippen LogP contribution in [0.4, 0.5) is 0 Å². The minimum absolute atomic E-state index is 0. The van der Waals surface area contributed by atoms with Crippen LogP contribution in [0.25, 0.3) is 0 Å². The van der Waals surface area contributed by atoms with Gasteiger partial charge in [-0.3, -0.25) is 4.99 Å². The maximum atomic E-state index is 4.56. The number of guanidine groups is 1. The Kier molecular flexibility index (Phi) is 8.55. The van der Waals surface area contributed by atoms with Gasteiger partial charge in [-0.15, -0.1) is 35.3 Å². The van der Waals surface area contributed by atoms with Gasteiger partial charge in [-0.2, -0.15) is 0 Å². The molecule has 0 amide bonds. The first-order valence-electron chi connectivity index (χ1n) is 7.61.